The Morgan fingerprint density at radius 3 is 0.852 bits per heavy atom. The zero-order chi connectivity index (χ0) is 21.0. The lowest BCUT2D eigenvalue weighted by Gasteiger charge is -2.17. The van der Waals surface area contributed by atoms with E-state index in [1.807, 2.05) is 0 Å². The van der Waals surface area contributed by atoms with Crippen LogP contribution in [0.2, 0.25) is 0 Å². The number of carbonyl (C=O) groups is 6. The van der Waals surface area contributed by atoms with Crippen LogP contribution >= 0.6 is 35.6 Å². The van der Waals surface area contributed by atoms with Crippen LogP contribution < -0.4 is 0 Å². The van der Waals surface area contributed by atoms with Gasteiger partial charge in [-0.15, -0.1) is 0 Å². The Hall–Kier alpha value is -3.09. The molecule has 0 saturated heterocycles. The van der Waals surface area contributed by atoms with E-state index in [2.05, 4.69) is 12.9 Å². The molecule has 0 heterocycles. The Kier molecular flexibility index (Phi) is 6.93. The molecule has 0 aromatic heterocycles. The fourth-order valence-electron chi connectivity index (χ4n) is 2.12. The molecule has 0 fully saturated rings. The van der Waals surface area contributed by atoms with Crippen molar-refractivity contribution in [2.45, 2.75) is 0 Å². The first kappa shape index (κ1) is 22.0. The van der Waals surface area contributed by atoms with E-state index in [0.29, 0.717) is 0 Å². The Bertz CT molecular complexity index is 835. The number of carboxylic acid groups (broad SMARTS) is 3. The summed E-state index contributed by atoms with van der Waals surface area (Å²) in [5.74, 6) is -12.1. The molecular formula is C12H3Cl3O12. The predicted molar refractivity (Wildman–Crippen MR) is 81.1 cm³/mol. The third kappa shape index (κ3) is 3.86. The Morgan fingerprint density at radius 2 is 0.667 bits per heavy atom. The first-order chi connectivity index (χ1) is 12.5. The number of halogens is 3. The third-order valence-electron chi connectivity index (χ3n) is 2.96. The highest BCUT2D eigenvalue weighted by Crippen LogP contribution is 2.32. The summed E-state index contributed by atoms with van der Waals surface area (Å²) in [4.78, 5) is 70.3. The molecule has 0 aliphatic carbocycles. The zero-order valence-electron chi connectivity index (χ0n) is 12.1. The smallest absolute Gasteiger partial charge is 0.358 e. The van der Waals surface area contributed by atoms with Crippen molar-refractivity contribution in [3.8, 4) is 0 Å². The molecule has 144 valence electrons. The fourth-order valence-corrected chi connectivity index (χ4v) is 2.35. The lowest BCUT2D eigenvalue weighted by molar-refractivity contribution is 0.0612. The minimum Gasteiger partial charge on any atom is -0.478 e. The number of carbonyl (C=O) groups excluding carboxylic acids is 3. The second-order valence-electron chi connectivity index (χ2n) is 4.26. The fraction of sp³-hybridized carbons (Fsp3) is 0. The number of rotatable bonds is 6. The molecule has 27 heavy (non-hydrogen) atoms. The summed E-state index contributed by atoms with van der Waals surface area (Å²) < 4.78 is 11.3. The minimum atomic E-state index is -2.21. The van der Waals surface area contributed by atoms with Gasteiger partial charge in [0.1, 0.15) is 35.6 Å². The molecule has 0 atom stereocenters. The van der Waals surface area contributed by atoms with Gasteiger partial charge in [-0.05, 0) is 0 Å². The highest BCUT2D eigenvalue weighted by atomic mass is 35.5. The van der Waals surface area contributed by atoms with Crippen LogP contribution in [0.15, 0.2) is 0 Å². The van der Waals surface area contributed by atoms with Gasteiger partial charge in [0, 0.05) is 0 Å². The molecule has 0 aliphatic rings. The van der Waals surface area contributed by atoms with E-state index >= 15 is 0 Å². The summed E-state index contributed by atoms with van der Waals surface area (Å²) in [6, 6.07) is 0. The molecule has 15 heteroatoms. The van der Waals surface area contributed by atoms with Gasteiger partial charge in [-0.25, -0.2) is 28.8 Å². The molecular weight excluding hydrogens is 442 g/mol. The van der Waals surface area contributed by atoms with Crippen molar-refractivity contribution >= 4 is 71.4 Å². The maximum Gasteiger partial charge on any atom is 0.358 e. The van der Waals surface area contributed by atoms with Crippen molar-refractivity contribution < 1.29 is 57.0 Å². The maximum atomic E-state index is 11.9. The van der Waals surface area contributed by atoms with Crippen molar-refractivity contribution in [3.05, 3.63) is 33.4 Å². The lowest BCUT2D eigenvalue weighted by atomic mass is 9.86. The predicted octanol–water partition coefficient (Wildman–Crippen LogP) is 1.71. The summed E-state index contributed by atoms with van der Waals surface area (Å²) in [5.41, 5.74) is -8.97. The second kappa shape index (κ2) is 8.53. The standard InChI is InChI=1S/C12H3Cl3O12/c13-25-10(22)4-2(8(18)19)1(7(16)17)3(9(20)21)5(11(23)26-14)6(4)12(24)27-15/h(H,16,17)(H,18,19)(H,20,21). The Balaban J connectivity index is 4.53. The lowest BCUT2D eigenvalue weighted by Crippen LogP contribution is -2.28. The third-order valence-corrected chi connectivity index (χ3v) is 3.38. The molecule has 12 nitrogen and oxygen atoms in total. The summed E-state index contributed by atoms with van der Waals surface area (Å²) in [6.45, 7) is 0. The number of aromatic carboxylic acids is 3. The maximum absolute atomic E-state index is 11.9. The molecule has 0 spiro atoms. The van der Waals surface area contributed by atoms with Crippen LogP contribution in [0.1, 0.15) is 62.1 Å². The summed E-state index contributed by atoms with van der Waals surface area (Å²) in [7, 11) is 0. The topological polar surface area (TPSA) is 191 Å². The second-order valence-corrected chi connectivity index (χ2v) is 4.72. The van der Waals surface area contributed by atoms with Crippen molar-refractivity contribution in [2.24, 2.45) is 0 Å². The van der Waals surface area contributed by atoms with Crippen molar-refractivity contribution in [1.29, 1.82) is 0 Å². The molecule has 0 unspecified atom stereocenters. The van der Waals surface area contributed by atoms with Gasteiger partial charge >= 0.3 is 35.8 Å². The first-order valence-electron chi connectivity index (χ1n) is 5.97. The van der Waals surface area contributed by atoms with Gasteiger partial charge in [-0.1, -0.05) is 0 Å². The van der Waals surface area contributed by atoms with Crippen LogP contribution in [-0.2, 0) is 12.9 Å². The van der Waals surface area contributed by atoms with Crippen LogP contribution in [0, 0.1) is 0 Å². The number of benzene rings is 1. The van der Waals surface area contributed by atoms with Crippen LogP contribution in [0.4, 0.5) is 0 Å². The molecule has 1 rings (SSSR count). The van der Waals surface area contributed by atoms with E-state index in [1.165, 1.54) is 0 Å². The van der Waals surface area contributed by atoms with E-state index in [4.69, 9.17) is 35.6 Å². The Labute approximate surface area is 162 Å². The van der Waals surface area contributed by atoms with Crippen molar-refractivity contribution in [2.75, 3.05) is 0 Å². The van der Waals surface area contributed by atoms with Crippen LogP contribution in [-0.4, -0.2) is 51.1 Å². The molecule has 3 N–H and O–H groups in total. The first-order valence-corrected chi connectivity index (χ1v) is 6.90. The SMILES string of the molecule is O=C(O)c1c(C(=O)O)c(C(=O)OCl)c(C(=O)OCl)c(C(=O)OCl)c1C(=O)O. The van der Waals surface area contributed by atoms with E-state index in [1.54, 1.807) is 0 Å². The van der Waals surface area contributed by atoms with E-state index in [9.17, 15) is 44.1 Å². The van der Waals surface area contributed by atoms with Gasteiger partial charge in [0.15, 0.2) is 0 Å². The number of hydrogen-bond acceptors (Lipinski definition) is 9. The summed E-state index contributed by atoms with van der Waals surface area (Å²) >= 11 is 14.6. The van der Waals surface area contributed by atoms with Crippen LogP contribution in [0.5, 0.6) is 0 Å². The highest BCUT2D eigenvalue weighted by molar-refractivity contribution is 6.28. The molecule has 0 amide bonds. The van der Waals surface area contributed by atoms with Gasteiger partial charge in [0.2, 0.25) is 0 Å². The quantitative estimate of drug-likeness (QED) is 0.575. The minimum absolute atomic E-state index is 1.42. The van der Waals surface area contributed by atoms with Crippen LogP contribution in [0.3, 0.4) is 0 Å². The molecule has 0 saturated carbocycles. The van der Waals surface area contributed by atoms with E-state index in [0.717, 1.165) is 0 Å². The largest absolute Gasteiger partial charge is 0.478 e. The van der Waals surface area contributed by atoms with Gasteiger partial charge in [0.25, 0.3) is 0 Å². The molecule has 1 aromatic carbocycles. The molecule has 0 aliphatic heterocycles. The summed E-state index contributed by atoms with van der Waals surface area (Å²) in [6.07, 6.45) is 0. The Morgan fingerprint density at radius 1 is 0.481 bits per heavy atom. The molecule has 0 bridgehead atoms. The highest BCUT2D eigenvalue weighted by Gasteiger charge is 2.42. The molecule has 0 radical (unpaired) electrons. The number of hydrogen-bond donors (Lipinski definition) is 3. The monoisotopic (exact) mass is 444 g/mol. The number of carboxylic acids is 3. The van der Waals surface area contributed by atoms with Crippen molar-refractivity contribution in [3.63, 3.8) is 0 Å². The average molecular weight is 446 g/mol. The van der Waals surface area contributed by atoms with Gasteiger partial charge < -0.3 is 28.2 Å². The van der Waals surface area contributed by atoms with Crippen molar-refractivity contribution in [1.82, 2.24) is 0 Å². The molecule has 1 aromatic rings. The van der Waals surface area contributed by atoms with Crippen LogP contribution in [0.25, 0.3) is 0 Å². The zero-order valence-corrected chi connectivity index (χ0v) is 14.4. The van der Waals surface area contributed by atoms with Gasteiger partial charge in [0.05, 0.1) is 33.4 Å². The van der Waals surface area contributed by atoms with Gasteiger partial charge in [-0.3, -0.25) is 0 Å². The summed E-state index contributed by atoms with van der Waals surface area (Å²) in [5, 5.41) is 27.8. The van der Waals surface area contributed by atoms with E-state index < -0.39 is 69.2 Å². The van der Waals surface area contributed by atoms with E-state index in [-0.39, 0.29) is 0 Å². The normalized spacial score (nSPS) is 9.89. The average Bonchev–Trinajstić information content (AvgIpc) is 2.62. The van der Waals surface area contributed by atoms with Gasteiger partial charge in [-0.2, -0.15) is 0 Å².